The van der Waals surface area contributed by atoms with Crippen LogP contribution in [0.3, 0.4) is 0 Å². The number of phenols is 1. The summed E-state index contributed by atoms with van der Waals surface area (Å²) in [5.74, 6) is -0.278. The lowest BCUT2D eigenvalue weighted by molar-refractivity contribution is -0.757. The number of phenolic OH excluding ortho intramolecular Hbond substituents is 1. The third-order valence-electron chi connectivity index (χ3n) is 4.95. The summed E-state index contributed by atoms with van der Waals surface area (Å²) in [5, 5.41) is 21.0. The lowest BCUT2D eigenvalue weighted by Crippen LogP contribution is -2.31. The number of hydrogen-bond donors (Lipinski definition) is 1. The van der Waals surface area contributed by atoms with Gasteiger partial charge in [0.25, 0.3) is 5.09 Å². The molecule has 3 aromatic rings. The smallest absolute Gasteiger partial charge is 0.344 e. The van der Waals surface area contributed by atoms with Gasteiger partial charge in [-0.05, 0) is 49.7 Å². The van der Waals surface area contributed by atoms with E-state index < -0.39 is 22.1 Å². The summed E-state index contributed by atoms with van der Waals surface area (Å²) in [6.07, 6.45) is 0.147. The number of hydrogen-bond acceptors (Lipinski definition) is 9. The monoisotopic (exact) mass is 461 g/mol. The van der Waals surface area contributed by atoms with Crippen molar-refractivity contribution in [1.29, 1.82) is 0 Å². The van der Waals surface area contributed by atoms with Crippen molar-refractivity contribution >= 4 is 27.7 Å². The fourth-order valence-corrected chi connectivity index (χ4v) is 3.16. The lowest BCUT2D eigenvalue weighted by atomic mass is 9.84. The number of methoxy groups -OCH3 is 1. The summed E-state index contributed by atoms with van der Waals surface area (Å²) >= 11 is 0. The first kappa shape index (κ1) is 25.4. The van der Waals surface area contributed by atoms with E-state index in [1.165, 1.54) is 19.2 Å². The molecule has 0 atom stereocenters. The highest BCUT2D eigenvalue weighted by Gasteiger charge is 2.33. The second-order valence-corrected chi connectivity index (χ2v) is 7.34. The Hall–Kier alpha value is -3.82. The number of benzene rings is 2. The Bertz CT molecular complexity index is 1210. The summed E-state index contributed by atoms with van der Waals surface area (Å²) < 4.78 is 15.8. The molecule has 1 aromatic heterocycles. The molecule has 0 fully saturated rings. The normalized spacial score (nSPS) is 10.9. The summed E-state index contributed by atoms with van der Waals surface area (Å²) in [7, 11) is 1.49. The van der Waals surface area contributed by atoms with Crippen molar-refractivity contribution in [2.45, 2.75) is 39.5 Å². The van der Waals surface area contributed by atoms with Crippen LogP contribution in [0.25, 0.3) is 21.7 Å². The number of nitrogens with zero attached hydrogens (tertiary/aromatic N) is 1. The van der Waals surface area contributed by atoms with Gasteiger partial charge in [-0.25, -0.2) is 4.79 Å². The van der Waals surface area contributed by atoms with Crippen LogP contribution in [-0.2, 0) is 19.8 Å². The number of esters is 1. The number of carbonyl (C=O) groups is 1. The average molecular weight is 461 g/mol. The van der Waals surface area contributed by atoms with E-state index in [-0.39, 0.29) is 36.4 Å². The van der Waals surface area contributed by atoms with E-state index in [4.69, 9.17) is 13.9 Å². The summed E-state index contributed by atoms with van der Waals surface area (Å²) in [5.41, 5.74) is -1.30. The highest BCUT2D eigenvalue weighted by molar-refractivity contribution is 6.08. The molecule has 0 aliphatic rings. The Morgan fingerprint density at radius 1 is 1.15 bits per heavy atom. The standard InChI is InChI=1S/C21H21NO9.C2H6/c1-21(2,20(25)29-7-4-8-30-22(26)27)12-9-16(23)18-15-11-13(28-3)5-6-14(15)19(24)31-17(18)10-12;1-2/h5-6,9-11,23H,4,7-8H2,1-3H3;1-2H3. The van der Waals surface area contributed by atoms with Crippen LogP contribution in [0.5, 0.6) is 11.5 Å². The molecular formula is C23H27NO9. The van der Waals surface area contributed by atoms with Gasteiger partial charge < -0.3 is 23.8 Å². The molecule has 0 unspecified atom stereocenters. The minimum Gasteiger partial charge on any atom is -0.507 e. The van der Waals surface area contributed by atoms with Crippen molar-refractivity contribution in [3.05, 3.63) is 56.4 Å². The predicted molar refractivity (Wildman–Crippen MR) is 121 cm³/mol. The van der Waals surface area contributed by atoms with Gasteiger partial charge in [-0.2, -0.15) is 0 Å². The van der Waals surface area contributed by atoms with Crippen molar-refractivity contribution < 1.29 is 33.7 Å². The van der Waals surface area contributed by atoms with Crippen molar-refractivity contribution in [3.63, 3.8) is 0 Å². The van der Waals surface area contributed by atoms with Crippen LogP contribution < -0.4 is 10.4 Å². The fourth-order valence-electron chi connectivity index (χ4n) is 3.16. The predicted octanol–water partition coefficient (Wildman–Crippen LogP) is 4.11. The Morgan fingerprint density at radius 3 is 2.48 bits per heavy atom. The third-order valence-corrected chi connectivity index (χ3v) is 4.95. The Labute approximate surface area is 189 Å². The summed E-state index contributed by atoms with van der Waals surface area (Å²) in [6.45, 7) is 6.91. The molecule has 0 amide bonds. The Kier molecular flexibility index (Phi) is 8.22. The van der Waals surface area contributed by atoms with Crippen LogP contribution >= 0.6 is 0 Å². The molecule has 10 heteroatoms. The van der Waals surface area contributed by atoms with Crippen LogP contribution in [0.15, 0.2) is 39.5 Å². The van der Waals surface area contributed by atoms with Gasteiger partial charge in [-0.3, -0.25) is 4.79 Å². The van der Waals surface area contributed by atoms with Gasteiger partial charge in [0.2, 0.25) is 0 Å². The molecule has 0 saturated carbocycles. The largest absolute Gasteiger partial charge is 0.507 e. The van der Waals surface area contributed by atoms with Gasteiger partial charge in [0.15, 0.2) is 0 Å². The third kappa shape index (κ3) is 5.51. The van der Waals surface area contributed by atoms with Crippen LogP contribution in [0.2, 0.25) is 0 Å². The van der Waals surface area contributed by atoms with Gasteiger partial charge in [-0.1, -0.05) is 13.8 Å². The zero-order chi connectivity index (χ0) is 24.8. The van der Waals surface area contributed by atoms with E-state index in [2.05, 4.69) is 4.84 Å². The topological polar surface area (TPSA) is 138 Å². The molecule has 0 spiro atoms. The van der Waals surface area contributed by atoms with E-state index in [9.17, 15) is 24.8 Å². The fraction of sp³-hybridized carbons (Fsp3) is 0.391. The van der Waals surface area contributed by atoms with Crippen LogP contribution in [0.4, 0.5) is 0 Å². The van der Waals surface area contributed by atoms with Gasteiger partial charge in [-0.15, -0.1) is 10.1 Å². The van der Waals surface area contributed by atoms with E-state index in [1.54, 1.807) is 32.0 Å². The maximum Gasteiger partial charge on any atom is 0.344 e. The second kappa shape index (κ2) is 10.7. The lowest BCUT2D eigenvalue weighted by Gasteiger charge is -2.23. The number of fused-ring (bicyclic) bond motifs is 3. The van der Waals surface area contributed by atoms with E-state index in [1.807, 2.05) is 13.8 Å². The zero-order valence-corrected chi connectivity index (χ0v) is 19.2. The molecular weight excluding hydrogens is 434 g/mol. The number of rotatable bonds is 8. The number of aromatic hydroxyl groups is 1. The average Bonchev–Trinajstić information content (AvgIpc) is 2.79. The Morgan fingerprint density at radius 2 is 1.85 bits per heavy atom. The quantitative estimate of drug-likeness (QED) is 0.131. The minimum absolute atomic E-state index is 0.0742. The van der Waals surface area contributed by atoms with Crippen molar-refractivity contribution in [3.8, 4) is 11.5 Å². The van der Waals surface area contributed by atoms with Crippen molar-refractivity contribution in [2.24, 2.45) is 0 Å². The maximum absolute atomic E-state index is 12.6. The van der Waals surface area contributed by atoms with Crippen LogP contribution in [0, 0.1) is 10.1 Å². The van der Waals surface area contributed by atoms with Crippen LogP contribution in [0.1, 0.15) is 39.7 Å². The van der Waals surface area contributed by atoms with Gasteiger partial charge in [0.1, 0.15) is 17.1 Å². The zero-order valence-electron chi connectivity index (χ0n) is 19.2. The second-order valence-electron chi connectivity index (χ2n) is 7.34. The van der Waals surface area contributed by atoms with E-state index in [0.717, 1.165) is 0 Å². The molecule has 1 N–H and O–H groups in total. The Balaban J connectivity index is 0.00000187. The molecule has 3 rings (SSSR count). The molecule has 0 saturated heterocycles. The number of ether oxygens (including phenoxy) is 2. The molecule has 33 heavy (non-hydrogen) atoms. The van der Waals surface area contributed by atoms with Crippen LogP contribution in [-0.4, -0.2) is 36.5 Å². The molecule has 0 aliphatic carbocycles. The molecule has 1 heterocycles. The summed E-state index contributed by atoms with van der Waals surface area (Å²) in [6, 6.07) is 7.72. The first-order valence-electron chi connectivity index (χ1n) is 10.4. The van der Waals surface area contributed by atoms with Crippen molar-refractivity contribution in [2.75, 3.05) is 20.3 Å². The molecule has 0 aliphatic heterocycles. The minimum atomic E-state index is -1.20. The SMILES string of the molecule is CC.COc1ccc2c(=O)oc3cc(C(C)(C)C(=O)OCCCO[N+](=O)[O-])cc(O)c3c2c1. The maximum atomic E-state index is 12.6. The highest BCUT2D eigenvalue weighted by atomic mass is 16.9. The first-order valence-corrected chi connectivity index (χ1v) is 10.4. The first-order chi connectivity index (χ1) is 15.6. The molecule has 0 bridgehead atoms. The van der Waals surface area contributed by atoms with Crippen molar-refractivity contribution in [1.82, 2.24) is 0 Å². The molecule has 0 radical (unpaired) electrons. The molecule has 10 nitrogen and oxygen atoms in total. The van der Waals surface area contributed by atoms with Gasteiger partial charge >= 0.3 is 11.6 Å². The molecule has 178 valence electrons. The van der Waals surface area contributed by atoms with Gasteiger partial charge in [0.05, 0.1) is 36.5 Å². The van der Waals surface area contributed by atoms with E-state index in [0.29, 0.717) is 22.1 Å². The van der Waals surface area contributed by atoms with Gasteiger partial charge in [0, 0.05) is 11.8 Å². The molecule has 2 aromatic carbocycles. The van der Waals surface area contributed by atoms with E-state index >= 15 is 0 Å². The summed E-state index contributed by atoms with van der Waals surface area (Å²) in [4.78, 5) is 39.3. The highest BCUT2D eigenvalue weighted by Crippen LogP contribution is 2.37. The number of carbonyl (C=O) groups excluding carboxylic acids is 1.